The van der Waals surface area contributed by atoms with Gasteiger partial charge in [0.15, 0.2) is 5.96 Å². The highest BCUT2D eigenvalue weighted by atomic mass is 127. The summed E-state index contributed by atoms with van der Waals surface area (Å²) in [5.74, 6) is 1.18. The van der Waals surface area contributed by atoms with Gasteiger partial charge in [0.25, 0.3) is 0 Å². The fraction of sp³-hybridized carbons (Fsp3) is 0.929. The highest BCUT2D eigenvalue weighted by Gasteiger charge is 2.35. The third-order valence-electron chi connectivity index (χ3n) is 3.92. The molecule has 2 atom stereocenters. The summed E-state index contributed by atoms with van der Waals surface area (Å²) in [6, 6.07) is 0. The monoisotopic (exact) mass is 383 g/mol. The Kier molecular flexibility index (Phi) is 8.98. The molecule has 0 aromatic carbocycles. The smallest absolute Gasteiger partial charge is 0.188 e. The minimum Gasteiger partial charge on any atom is -0.392 e. The lowest BCUT2D eigenvalue weighted by molar-refractivity contribution is 0.00719. The number of rotatable bonds is 5. The van der Waals surface area contributed by atoms with Gasteiger partial charge in [0.1, 0.15) is 0 Å². The minimum absolute atomic E-state index is 0. The number of aliphatic hydroxyl groups excluding tert-OH is 1. The molecule has 0 aromatic heterocycles. The standard InChI is InChI=1S/C14H29N3O.HI/c1-11(2)7-9-16-13(15)17-10-14(3)8-5-4-6-12(14)18;/h11-12,18H,4-10H2,1-3H3,(H3,15,16,17);1H. The molecule has 0 amide bonds. The van der Waals surface area contributed by atoms with E-state index in [0.717, 1.165) is 32.2 Å². The molecule has 0 bridgehead atoms. The van der Waals surface area contributed by atoms with Crippen LogP contribution in [0.3, 0.4) is 0 Å². The Hall–Kier alpha value is -0.0400. The SMILES string of the molecule is CC(C)CCNC(N)=NCC1(C)CCCCC1O.I. The summed E-state index contributed by atoms with van der Waals surface area (Å²) in [6.07, 6.45) is 5.10. The molecule has 0 radical (unpaired) electrons. The Labute approximate surface area is 134 Å². The van der Waals surface area contributed by atoms with E-state index >= 15 is 0 Å². The van der Waals surface area contributed by atoms with Gasteiger partial charge in [0.05, 0.1) is 12.6 Å². The lowest BCUT2D eigenvalue weighted by Gasteiger charge is -2.37. The normalized spacial score (nSPS) is 28.1. The van der Waals surface area contributed by atoms with Gasteiger partial charge in [-0.1, -0.05) is 33.6 Å². The average Bonchev–Trinajstić information content (AvgIpc) is 2.30. The van der Waals surface area contributed by atoms with Crippen molar-refractivity contribution in [2.75, 3.05) is 13.1 Å². The van der Waals surface area contributed by atoms with E-state index < -0.39 is 0 Å². The molecule has 1 rings (SSSR count). The van der Waals surface area contributed by atoms with Gasteiger partial charge in [-0.25, -0.2) is 0 Å². The molecule has 2 unspecified atom stereocenters. The Morgan fingerprint density at radius 2 is 2.16 bits per heavy atom. The van der Waals surface area contributed by atoms with Crippen molar-refractivity contribution < 1.29 is 5.11 Å². The fourth-order valence-corrected chi connectivity index (χ4v) is 2.38. The van der Waals surface area contributed by atoms with Crippen molar-refractivity contribution >= 4 is 29.9 Å². The zero-order chi connectivity index (χ0) is 13.6. The Morgan fingerprint density at radius 3 is 2.74 bits per heavy atom. The van der Waals surface area contributed by atoms with Gasteiger partial charge in [-0.05, 0) is 25.2 Å². The number of aliphatic hydroxyl groups is 1. The number of aliphatic imine (C=N–C) groups is 1. The molecule has 19 heavy (non-hydrogen) atoms. The van der Waals surface area contributed by atoms with Crippen LogP contribution in [0, 0.1) is 11.3 Å². The minimum atomic E-state index is -0.238. The fourth-order valence-electron chi connectivity index (χ4n) is 2.38. The van der Waals surface area contributed by atoms with Crippen LogP contribution >= 0.6 is 24.0 Å². The van der Waals surface area contributed by atoms with E-state index in [1.54, 1.807) is 0 Å². The van der Waals surface area contributed by atoms with E-state index in [1.807, 2.05) is 0 Å². The van der Waals surface area contributed by atoms with Crippen molar-refractivity contribution in [3.05, 3.63) is 0 Å². The molecule has 0 heterocycles. The summed E-state index contributed by atoms with van der Waals surface area (Å²) in [7, 11) is 0. The highest BCUT2D eigenvalue weighted by molar-refractivity contribution is 14.0. The molecule has 1 aliphatic rings. The summed E-state index contributed by atoms with van der Waals surface area (Å²) in [5.41, 5.74) is 5.74. The Bertz CT molecular complexity index is 284. The van der Waals surface area contributed by atoms with Gasteiger partial charge in [0.2, 0.25) is 0 Å². The second-order valence-corrected chi connectivity index (χ2v) is 6.23. The zero-order valence-corrected chi connectivity index (χ0v) is 14.8. The van der Waals surface area contributed by atoms with E-state index in [2.05, 4.69) is 31.1 Å². The van der Waals surface area contributed by atoms with Crippen LogP contribution in [0.15, 0.2) is 4.99 Å². The topological polar surface area (TPSA) is 70.6 Å². The maximum atomic E-state index is 10.1. The molecular weight excluding hydrogens is 353 g/mol. The molecule has 4 N–H and O–H groups in total. The van der Waals surface area contributed by atoms with E-state index in [0.29, 0.717) is 18.4 Å². The number of nitrogens with zero attached hydrogens (tertiary/aromatic N) is 1. The molecule has 1 saturated carbocycles. The maximum Gasteiger partial charge on any atom is 0.188 e. The molecule has 0 aromatic rings. The second-order valence-electron chi connectivity index (χ2n) is 6.23. The van der Waals surface area contributed by atoms with Crippen molar-refractivity contribution in [2.45, 2.75) is 59.0 Å². The molecule has 0 spiro atoms. The summed E-state index contributed by atoms with van der Waals surface area (Å²) in [4.78, 5) is 4.39. The van der Waals surface area contributed by atoms with Gasteiger partial charge in [0, 0.05) is 12.0 Å². The molecular formula is C14H30IN3O. The lowest BCUT2D eigenvalue weighted by Crippen LogP contribution is -2.40. The van der Waals surface area contributed by atoms with Crippen molar-refractivity contribution in [1.29, 1.82) is 0 Å². The predicted molar refractivity (Wildman–Crippen MR) is 91.9 cm³/mol. The van der Waals surface area contributed by atoms with Crippen LogP contribution in [0.4, 0.5) is 0 Å². The third kappa shape index (κ3) is 6.79. The summed E-state index contributed by atoms with van der Waals surface area (Å²) < 4.78 is 0. The summed E-state index contributed by atoms with van der Waals surface area (Å²) in [5, 5.41) is 13.2. The second kappa shape index (κ2) is 9.00. The van der Waals surface area contributed by atoms with Crippen LogP contribution in [0.25, 0.3) is 0 Å². The van der Waals surface area contributed by atoms with Crippen molar-refractivity contribution in [1.82, 2.24) is 5.32 Å². The van der Waals surface area contributed by atoms with Crippen LogP contribution in [0.1, 0.15) is 52.9 Å². The largest absolute Gasteiger partial charge is 0.392 e. The number of hydrogen-bond donors (Lipinski definition) is 3. The maximum absolute atomic E-state index is 10.1. The lowest BCUT2D eigenvalue weighted by atomic mass is 9.73. The molecule has 5 heteroatoms. The van der Waals surface area contributed by atoms with E-state index in [4.69, 9.17) is 5.73 Å². The van der Waals surface area contributed by atoms with Gasteiger partial charge in [-0.15, -0.1) is 24.0 Å². The molecule has 0 saturated heterocycles. The molecule has 0 aliphatic heterocycles. The van der Waals surface area contributed by atoms with Gasteiger partial charge in [-0.2, -0.15) is 0 Å². The number of nitrogens with one attached hydrogen (secondary N) is 1. The van der Waals surface area contributed by atoms with Crippen LogP contribution in [0.2, 0.25) is 0 Å². The number of guanidine groups is 1. The molecule has 1 fully saturated rings. The highest BCUT2D eigenvalue weighted by Crippen LogP contribution is 2.36. The summed E-state index contributed by atoms with van der Waals surface area (Å²) >= 11 is 0. The van der Waals surface area contributed by atoms with E-state index in [9.17, 15) is 5.11 Å². The number of hydrogen-bond acceptors (Lipinski definition) is 2. The number of nitrogens with two attached hydrogens (primary N) is 1. The third-order valence-corrected chi connectivity index (χ3v) is 3.92. The van der Waals surface area contributed by atoms with Crippen molar-refractivity contribution in [3.8, 4) is 0 Å². The molecule has 114 valence electrons. The zero-order valence-electron chi connectivity index (χ0n) is 12.5. The Morgan fingerprint density at radius 1 is 1.47 bits per heavy atom. The molecule has 1 aliphatic carbocycles. The molecule has 4 nitrogen and oxygen atoms in total. The van der Waals surface area contributed by atoms with Crippen LogP contribution in [-0.4, -0.2) is 30.3 Å². The quantitative estimate of drug-likeness (QED) is 0.388. The van der Waals surface area contributed by atoms with Crippen molar-refractivity contribution in [2.24, 2.45) is 22.1 Å². The Balaban J connectivity index is 0.00000324. The summed E-state index contributed by atoms with van der Waals surface area (Å²) in [6.45, 7) is 7.98. The first kappa shape index (κ1) is 19.0. The van der Waals surface area contributed by atoms with Crippen molar-refractivity contribution in [3.63, 3.8) is 0 Å². The first-order chi connectivity index (χ1) is 8.44. The van der Waals surface area contributed by atoms with E-state index in [-0.39, 0.29) is 35.5 Å². The van der Waals surface area contributed by atoms with Gasteiger partial charge in [-0.3, -0.25) is 4.99 Å². The first-order valence-electron chi connectivity index (χ1n) is 7.16. The van der Waals surface area contributed by atoms with Gasteiger partial charge < -0.3 is 16.2 Å². The van der Waals surface area contributed by atoms with E-state index in [1.165, 1.54) is 6.42 Å². The number of halogens is 1. The van der Waals surface area contributed by atoms with Gasteiger partial charge >= 0.3 is 0 Å². The predicted octanol–water partition coefficient (Wildman–Crippen LogP) is 2.50. The average molecular weight is 383 g/mol. The first-order valence-corrected chi connectivity index (χ1v) is 7.16. The van der Waals surface area contributed by atoms with Crippen LogP contribution in [-0.2, 0) is 0 Å². The van der Waals surface area contributed by atoms with Crippen LogP contribution in [0.5, 0.6) is 0 Å². The van der Waals surface area contributed by atoms with Crippen LogP contribution < -0.4 is 11.1 Å².